The summed E-state index contributed by atoms with van der Waals surface area (Å²) >= 11 is 0. The highest BCUT2D eigenvalue weighted by molar-refractivity contribution is 5.71. The SMILES string of the molecule is OCc1ccc(-c2ccc(-c3ccccc3F)c(F)c2)cc1. The van der Waals surface area contributed by atoms with E-state index in [0.717, 1.165) is 11.1 Å². The lowest BCUT2D eigenvalue weighted by molar-refractivity contribution is 0.282. The Morgan fingerprint density at radius 1 is 0.682 bits per heavy atom. The molecule has 0 aliphatic heterocycles. The largest absolute Gasteiger partial charge is 0.392 e. The lowest BCUT2D eigenvalue weighted by atomic mass is 9.99. The van der Waals surface area contributed by atoms with Gasteiger partial charge in [0.05, 0.1) is 6.61 Å². The van der Waals surface area contributed by atoms with Gasteiger partial charge in [-0.05, 0) is 28.8 Å². The van der Waals surface area contributed by atoms with E-state index in [4.69, 9.17) is 5.11 Å². The number of benzene rings is 3. The quantitative estimate of drug-likeness (QED) is 0.736. The fraction of sp³-hybridized carbons (Fsp3) is 0.0526. The van der Waals surface area contributed by atoms with Gasteiger partial charge in [0.2, 0.25) is 0 Å². The van der Waals surface area contributed by atoms with Crippen molar-refractivity contribution < 1.29 is 13.9 Å². The third-order valence-corrected chi connectivity index (χ3v) is 3.60. The minimum absolute atomic E-state index is 0.0269. The van der Waals surface area contributed by atoms with Gasteiger partial charge in [-0.15, -0.1) is 0 Å². The molecule has 0 saturated carbocycles. The Balaban J connectivity index is 2.00. The average Bonchev–Trinajstić information content (AvgIpc) is 2.56. The molecule has 1 N–H and O–H groups in total. The van der Waals surface area contributed by atoms with Gasteiger partial charge in [-0.2, -0.15) is 0 Å². The number of aliphatic hydroxyl groups is 1. The summed E-state index contributed by atoms with van der Waals surface area (Å²) in [5.74, 6) is -0.907. The van der Waals surface area contributed by atoms with Crippen LogP contribution < -0.4 is 0 Å². The first-order valence-corrected chi connectivity index (χ1v) is 6.93. The summed E-state index contributed by atoms with van der Waals surface area (Å²) in [6.07, 6.45) is 0. The van der Waals surface area contributed by atoms with Crippen LogP contribution in [0.15, 0.2) is 66.7 Å². The van der Waals surface area contributed by atoms with Gasteiger partial charge in [-0.25, -0.2) is 8.78 Å². The number of hydrogen-bond acceptors (Lipinski definition) is 1. The van der Waals surface area contributed by atoms with Crippen LogP contribution in [0.5, 0.6) is 0 Å². The molecule has 0 aliphatic carbocycles. The molecule has 0 bridgehead atoms. The lowest BCUT2D eigenvalue weighted by Gasteiger charge is -2.08. The van der Waals surface area contributed by atoms with Crippen molar-refractivity contribution in [3.8, 4) is 22.3 Å². The van der Waals surface area contributed by atoms with Crippen molar-refractivity contribution in [2.45, 2.75) is 6.61 Å². The molecule has 22 heavy (non-hydrogen) atoms. The van der Waals surface area contributed by atoms with Gasteiger partial charge in [-0.3, -0.25) is 0 Å². The van der Waals surface area contributed by atoms with Crippen LogP contribution in [0.2, 0.25) is 0 Å². The van der Waals surface area contributed by atoms with Crippen molar-refractivity contribution in [1.29, 1.82) is 0 Å². The van der Waals surface area contributed by atoms with Gasteiger partial charge in [0.15, 0.2) is 0 Å². The van der Waals surface area contributed by atoms with Crippen LogP contribution in [0.3, 0.4) is 0 Å². The van der Waals surface area contributed by atoms with Gasteiger partial charge in [0, 0.05) is 11.1 Å². The molecular weight excluding hydrogens is 282 g/mol. The summed E-state index contributed by atoms with van der Waals surface area (Å²) in [7, 11) is 0. The molecule has 0 heterocycles. The molecule has 1 nitrogen and oxygen atoms in total. The number of hydrogen-bond donors (Lipinski definition) is 1. The number of rotatable bonds is 3. The Hall–Kier alpha value is -2.52. The Morgan fingerprint density at radius 3 is 1.95 bits per heavy atom. The fourth-order valence-corrected chi connectivity index (χ4v) is 2.40. The van der Waals surface area contributed by atoms with Crippen LogP contribution in [0, 0.1) is 11.6 Å². The van der Waals surface area contributed by atoms with Gasteiger partial charge >= 0.3 is 0 Å². The average molecular weight is 296 g/mol. The zero-order valence-electron chi connectivity index (χ0n) is 11.8. The van der Waals surface area contributed by atoms with Gasteiger partial charge in [0.1, 0.15) is 11.6 Å². The van der Waals surface area contributed by atoms with Gasteiger partial charge in [0.25, 0.3) is 0 Å². The summed E-state index contributed by atoms with van der Waals surface area (Å²) in [5.41, 5.74) is 2.85. The van der Waals surface area contributed by atoms with Crippen LogP contribution in [-0.4, -0.2) is 5.11 Å². The lowest BCUT2D eigenvalue weighted by Crippen LogP contribution is -1.90. The van der Waals surface area contributed by atoms with E-state index in [2.05, 4.69) is 0 Å². The minimum atomic E-state index is -0.464. The standard InChI is InChI=1S/C19H14F2O/c20-18-4-2-1-3-16(18)17-10-9-15(11-19(17)21)14-7-5-13(12-22)6-8-14/h1-11,22H,12H2. The molecule has 0 fully saturated rings. The second kappa shape index (κ2) is 6.08. The smallest absolute Gasteiger partial charge is 0.131 e. The molecule has 0 saturated heterocycles. The van der Waals surface area contributed by atoms with Crippen molar-refractivity contribution in [3.05, 3.63) is 83.9 Å². The molecule has 110 valence electrons. The molecule has 0 aliphatic rings. The zero-order chi connectivity index (χ0) is 15.5. The minimum Gasteiger partial charge on any atom is -0.392 e. The second-order valence-corrected chi connectivity index (χ2v) is 5.03. The highest BCUT2D eigenvalue weighted by Gasteiger charge is 2.10. The normalized spacial score (nSPS) is 10.7. The molecule has 0 atom stereocenters. The molecular formula is C19H14F2O. The van der Waals surface area contributed by atoms with E-state index in [-0.39, 0.29) is 17.7 Å². The Kier molecular flexibility index (Phi) is 3.98. The Bertz CT molecular complexity index is 795. The first-order chi connectivity index (χ1) is 10.7. The van der Waals surface area contributed by atoms with Crippen molar-refractivity contribution >= 4 is 0 Å². The predicted octanol–water partition coefficient (Wildman–Crippen LogP) is 4.79. The summed E-state index contributed by atoms with van der Waals surface area (Å²) in [4.78, 5) is 0. The Labute approximate surface area is 127 Å². The summed E-state index contributed by atoms with van der Waals surface area (Å²) in [5, 5.41) is 9.04. The van der Waals surface area contributed by atoms with Crippen LogP contribution in [0.4, 0.5) is 8.78 Å². The highest BCUT2D eigenvalue weighted by atomic mass is 19.1. The van der Waals surface area contributed by atoms with Crippen LogP contribution >= 0.6 is 0 Å². The third-order valence-electron chi connectivity index (χ3n) is 3.60. The molecule has 0 amide bonds. The molecule has 0 unspecified atom stereocenters. The van der Waals surface area contributed by atoms with E-state index in [0.29, 0.717) is 5.56 Å². The van der Waals surface area contributed by atoms with E-state index in [1.54, 1.807) is 42.5 Å². The first-order valence-electron chi connectivity index (χ1n) is 6.93. The van der Waals surface area contributed by atoms with E-state index in [1.807, 2.05) is 12.1 Å². The molecule has 0 radical (unpaired) electrons. The fourth-order valence-electron chi connectivity index (χ4n) is 2.40. The molecule has 3 heteroatoms. The third kappa shape index (κ3) is 2.76. The maximum absolute atomic E-state index is 14.3. The highest BCUT2D eigenvalue weighted by Crippen LogP contribution is 2.29. The number of aliphatic hydroxyl groups excluding tert-OH is 1. The zero-order valence-corrected chi connectivity index (χ0v) is 11.8. The predicted molar refractivity (Wildman–Crippen MR) is 83.2 cm³/mol. The van der Waals surface area contributed by atoms with E-state index in [1.165, 1.54) is 12.1 Å². The monoisotopic (exact) mass is 296 g/mol. The first kappa shape index (κ1) is 14.4. The number of halogens is 2. The van der Waals surface area contributed by atoms with Gasteiger partial charge < -0.3 is 5.11 Å². The van der Waals surface area contributed by atoms with Crippen molar-refractivity contribution in [2.75, 3.05) is 0 Å². The molecule has 0 spiro atoms. The molecule has 3 aromatic rings. The van der Waals surface area contributed by atoms with Crippen LogP contribution in [0.25, 0.3) is 22.3 Å². The maximum Gasteiger partial charge on any atom is 0.131 e. The van der Waals surface area contributed by atoms with Crippen molar-refractivity contribution in [1.82, 2.24) is 0 Å². The van der Waals surface area contributed by atoms with Crippen LogP contribution in [-0.2, 0) is 6.61 Å². The second-order valence-electron chi connectivity index (χ2n) is 5.03. The summed E-state index contributed by atoms with van der Waals surface area (Å²) in [6.45, 7) is -0.0269. The molecule has 3 aromatic carbocycles. The maximum atomic E-state index is 14.3. The van der Waals surface area contributed by atoms with Crippen molar-refractivity contribution in [2.24, 2.45) is 0 Å². The van der Waals surface area contributed by atoms with Crippen LogP contribution in [0.1, 0.15) is 5.56 Å². The molecule has 0 aromatic heterocycles. The summed E-state index contributed by atoms with van der Waals surface area (Å²) < 4.78 is 28.1. The topological polar surface area (TPSA) is 20.2 Å². The van der Waals surface area contributed by atoms with Crippen molar-refractivity contribution in [3.63, 3.8) is 0 Å². The van der Waals surface area contributed by atoms with E-state index >= 15 is 0 Å². The van der Waals surface area contributed by atoms with E-state index < -0.39 is 11.6 Å². The Morgan fingerprint density at radius 2 is 1.32 bits per heavy atom. The summed E-state index contributed by atoms with van der Waals surface area (Å²) in [6, 6.07) is 18.1. The molecule has 3 rings (SSSR count). The van der Waals surface area contributed by atoms with Gasteiger partial charge in [-0.1, -0.05) is 54.6 Å². The van der Waals surface area contributed by atoms with E-state index in [9.17, 15) is 8.78 Å².